The molecule has 1 nitrogen and oxygen atoms in total. The van der Waals surface area contributed by atoms with Crippen LogP contribution in [0.1, 0.15) is 46.5 Å². The first-order valence-corrected chi connectivity index (χ1v) is 5.09. The molecule has 1 fully saturated rings. The van der Waals surface area contributed by atoms with Gasteiger partial charge in [-0.2, -0.15) is 0 Å². The average Bonchev–Trinajstić information content (AvgIpc) is 2.52. The van der Waals surface area contributed by atoms with E-state index >= 15 is 0 Å². The Kier molecular flexibility index (Phi) is 2.92. The molecule has 1 saturated carbocycles. The summed E-state index contributed by atoms with van der Waals surface area (Å²) < 4.78 is 0. The van der Waals surface area contributed by atoms with Crippen LogP contribution in [-0.2, 0) is 4.79 Å². The molecule has 1 heteroatoms. The Hall–Kier alpha value is -0.330. The normalized spacial score (nSPS) is 24.3. The Morgan fingerprint density at radius 1 is 1.17 bits per heavy atom. The van der Waals surface area contributed by atoms with Crippen LogP contribution in [0.2, 0.25) is 0 Å². The zero-order chi connectivity index (χ0) is 9.19. The molecule has 0 saturated heterocycles. The molecular formula is C11H20O. The van der Waals surface area contributed by atoms with Crippen LogP contribution in [0, 0.1) is 17.3 Å². The molecule has 1 atom stereocenters. The van der Waals surface area contributed by atoms with Gasteiger partial charge in [0, 0.05) is 5.41 Å². The first-order valence-electron chi connectivity index (χ1n) is 5.09. The third kappa shape index (κ3) is 1.55. The van der Waals surface area contributed by atoms with E-state index < -0.39 is 0 Å². The van der Waals surface area contributed by atoms with Crippen molar-refractivity contribution in [1.82, 2.24) is 0 Å². The lowest BCUT2D eigenvalue weighted by Crippen LogP contribution is -2.30. The zero-order valence-electron chi connectivity index (χ0n) is 8.47. The van der Waals surface area contributed by atoms with Gasteiger partial charge in [0.25, 0.3) is 0 Å². The van der Waals surface area contributed by atoms with Crippen molar-refractivity contribution in [3.05, 3.63) is 0 Å². The largest absolute Gasteiger partial charge is 0.303 e. The average molecular weight is 168 g/mol. The van der Waals surface area contributed by atoms with Crippen LogP contribution in [-0.4, -0.2) is 6.29 Å². The van der Waals surface area contributed by atoms with Gasteiger partial charge in [0.1, 0.15) is 6.29 Å². The minimum Gasteiger partial charge on any atom is -0.303 e. The van der Waals surface area contributed by atoms with Gasteiger partial charge < -0.3 is 4.79 Å². The molecule has 0 amide bonds. The van der Waals surface area contributed by atoms with E-state index in [-0.39, 0.29) is 5.41 Å². The van der Waals surface area contributed by atoms with E-state index in [2.05, 4.69) is 20.8 Å². The molecule has 0 aromatic rings. The lowest BCUT2D eigenvalue weighted by molar-refractivity contribution is -0.119. The van der Waals surface area contributed by atoms with Crippen LogP contribution in [0.25, 0.3) is 0 Å². The number of aldehydes is 1. The van der Waals surface area contributed by atoms with Gasteiger partial charge in [-0.05, 0) is 24.7 Å². The van der Waals surface area contributed by atoms with Gasteiger partial charge in [-0.3, -0.25) is 0 Å². The molecule has 1 unspecified atom stereocenters. The summed E-state index contributed by atoms with van der Waals surface area (Å²) in [4.78, 5) is 11.1. The molecule has 1 aliphatic carbocycles. The molecule has 70 valence electrons. The highest BCUT2D eigenvalue weighted by molar-refractivity contribution is 5.60. The van der Waals surface area contributed by atoms with E-state index in [0.717, 1.165) is 12.8 Å². The van der Waals surface area contributed by atoms with Crippen molar-refractivity contribution in [2.75, 3.05) is 0 Å². The van der Waals surface area contributed by atoms with Gasteiger partial charge in [-0.25, -0.2) is 0 Å². The van der Waals surface area contributed by atoms with Crippen LogP contribution in [0.3, 0.4) is 0 Å². The summed E-state index contributed by atoms with van der Waals surface area (Å²) >= 11 is 0. The maximum absolute atomic E-state index is 11.1. The monoisotopic (exact) mass is 168 g/mol. The topological polar surface area (TPSA) is 17.1 Å². The fraction of sp³-hybridized carbons (Fsp3) is 0.909. The smallest absolute Gasteiger partial charge is 0.126 e. The highest BCUT2D eigenvalue weighted by Crippen LogP contribution is 2.45. The second kappa shape index (κ2) is 3.59. The van der Waals surface area contributed by atoms with Crippen molar-refractivity contribution < 1.29 is 4.79 Å². The molecule has 0 heterocycles. The van der Waals surface area contributed by atoms with Gasteiger partial charge >= 0.3 is 0 Å². The molecule has 0 N–H and O–H groups in total. The summed E-state index contributed by atoms with van der Waals surface area (Å²) in [7, 11) is 0. The van der Waals surface area contributed by atoms with Crippen molar-refractivity contribution in [2.24, 2.45) is 17.3 Å². The third-order valence-electron chi connectivity index (χ3n) is 3.68. The number of hydrogen-bond donors (Lipinski definition) is 0. The van der Waals surface area contributed by atoms with E-state index in [1.807, 2.05) is 0 Å². The van der Waals surface area contributed by atoms with Crippen LogP contribution >= 0.6 is 0 Å². The number of rotatable bonds is 3. The third-order valence-corrected chi connectivity index (χ3v) is 3.68. The fourth-order valence-corrected chi connectivity index (χ4v) is 2.38. The van der Waals surface area contributed by atoms with Gasteiger partial charge in [0.15, 0.2) is 0 Å². The molecule has 12 heavy (non-hydrogen) atoms. The predicted molar refractivity (Wildman–Crippen MR) is 51.0 cm³/mol. The summed E-state index contributed by atoms with van der Waals surface area (Å²) in [6, 6.07) is 0. The second-order valence-corrected chi connectivity index (χ2v) is 4.59. The first-order chi connectivity index (χ1) is 5.62. The highest BCUT2D eigenvalue weighted by atomic mass is 16.1. The lowest BCUT2D eigenvalue weighted by Gasteiger charge is -2.32. The Labute approximate surface area is 75.5 Å². The molecule has 0 aromatic carbocycles. The summed E-state index contributed by atoms with van der Waals surface area (Å²) in [5.74, 6) is 1.19. The van der Waals surface area contributed by atoms with E-state index in [1.165, 1.54) is 19.1 Å². The van der Waals surface area contributed by atoms with Crippen LogP contribution in [0.15, 0.2) is 0 Å². The fourth-order valence-electron chi connectivity index (χ4n) is 2.38. The van der Waals surface area contributed by atoms with Crippen molar-refractivity contribution >= 4 is 6.29 Å². The standard InChI is InChI=1S/C11H20O/c1-9(2)10(3)11(8-12)6-4-5-7-11/h8-10H,4-7H2,1-3H3. The lowest BCUT2D eigenvalue weighted by atomic mass is 9.71. The van der Waals surface area contributed by atoms with Gasteiger partial charge in [0.2, 0.25) is 0 Å². The van der Waals surface area contributed by atoms with Crippen LogP contribution < -0.4 is 0 Å². The quantitative estimate of drug-likeness (QED) is 0.592. The maximum atomic E-state index is 11.1. The number of carbonyl (C=O) groups excluding carboxylic acids is 1. The molecular weight excluding hydrogens is 148 g/mol. The van der Waals surface area contributed by atoms with Crippen molar-refractivity contribution in [2.45, 2.75) is 46.5 Å². The minimum absolute atomic E-state index is 0.0359. The number of hydrogen-bond acceptors (Lipinski definition) is 1. The van der Waals surface area contributed by atoms with Gasteiger partial charge in [0.05, 0.1) is 0 Å². The summed E-state index contributed by atoms with van der Waals surface area (Å²) in [6.45, 7) is 6.66. The highest BCUT2D eigenvalue weighted by Gasteiger charge is 2.39. The van der Waals surface area contributed by atoms with Crippen molar-refractivity contribution in [3.8, 4) is 0 Å². The van der Waals surface area contributed by atoms with Crippen LogP contribution in [0.5, 0.6) is 0 Å². The van der Waals surface area contributed by atoms with Gasteiger partial charge in [-0.1, -0.05) is 33.6 Å². The Balaban J connectivity index is 2.71. The van der Waals surface area contributed by atoms with Gasteiger partial charge in [-0.15, -0.1) is 0 Å². The summed E-state index contributed by atoms with van der Waals surface area (Å²) in [5, 5.41) is 0. The minimum atomic E-state index is 0.0359. The maximum Gasteiger partial charge on any atom is 0.126 e. The van der Waals surface area contributed by atoms with E-state index in [4.69, 9.17) is 0 Å². The first kappa shape index (κ1) is 9.76. The van der Waals surface area contributed by atoms with E-state index in [0.29, 0.717) is 11.8 Å². The Morgan fingerprint density at radius 3 is 2.00 bits per heavy atom. The molecule has 0 spiro atoms. The molecule has 0 bridgehead atoms. The molecule has 0 aliphatic heterocycles. The van der Waals surface area contributed by atoms with Crippen LogP contribution in [0.4, 0.5) is 0 Å². The Morgan fingerprint density at radius 2 is 1.67 bits per heavy atom. The molecule has 1 rings (SSSR count). The Bertz CT molecular complexity index is 154. The SMILES string of the molecule is CC(C)C(C)C1(C=O)CCCC1. The van der Waals surface area contributed by atoms with E-state index in [9.17, 15) is 4.79 Å². The number of carbonyl (C=O) groups is 1. The summed E-state index contributed by atoms with van der Waals surface area (Å²) in [5.41, 5.74) is 0.0359. The zero-order valence-corrected chi connectivity index (χ0v) is 8.47. The molecule has 1 aliphatic rings. The second-order valence-electron chi connectivity index (χ2n) is 4.59. The molecule has 0 radical (unpaired) electrons. The predicted octanol–water partition coefficient (Wildman–Crippen LogP) is 3.04. The summed E-state index contributed by atoms with van der Waals surface area (Å²) in [6.07, 6.45) is 5.96. The molecule has 0 aromatic heterocycles. The van der Waals surface area contributed by atoms with E-state index in [1.54, 1.807) is 0 Å². The van der Waals surface area contributed by atoms with Crippen molar-refractivity contribution in [3.63, 3.8) is 0 Å². The van der Waals surface area contributed by atoms with Crippen molar-refractivity contribution in [1.29, 1.82) is 0 Å².